The molecule has 0 saturated carbocycles. The summed E-state index contributed by atoms with van der Waals surface area (Å²) in [6.45, 7) is 4.05. The van der Waals surface area contributed by atoms with Crippen molar-refractivity contribution in [1.29, 1.82) is 0 Å². The van der Waals surface area contributed by atoms with Gasteiger partial charge in [-0.1, -0.05) is 6.92 Å². The Morgan fingerprint density at radius 3 is 3.00 bits per heavy atom. The molecule has 0 aromatic carbocycles. The fourth-order valence-corrected chi connectivity index (χ4v) is 2.51. The zero-order chi connectivity index (χ0) is 13.0. The summed E-state index contributed by atoms with van der Waals surface area (Å²) >= 11 is 0. The highest BCUT2D eigenvalue weighted by molar-refractivity contribution is 5.06. The van der Waals surface area contributed by atoms with Gasteiger partial charge in [0.25, 0.3) is 0 Å². The SMILES string of the molecule is CCC1OCCC1c1nnc(CO)n1CCOC. The quantitative estimate of drug-likeness (QED) is 0.810. The van der Waals surface area contributed by atoms with Gasteiger partial charge >= 0.3 is 0 Å². The van der Waals surface area contributed by atoms with Crippen molar-refractivity contribution in [2.75, 3.05) is 20.3 Å². The molecule has 0 bridgehead atoms. The van der Waals surface area contributed by atoms with Gasteiger partial charge in [0.2, 0.25) is 0 Å². The number of aliphatic hydroxyl groups excluding tert-OH is 1. The van der Waals surface area contributed by atoms with Crippen molar-refractivity contribution in [2.24, 2.45) is 0 Å². The monoisotopic (exact) mass is 255 g/mol. The molecule has 1 saturated heterocycles. The highest BCUT2D eigenvalue weighted by Crippen LogP contribution is 2.32. The van der Waals surface area contributed by atoms with Gasteiger partial charge in [-0.05, 0) is 12.8 Å². The molecular weight excluding hydrogens is 234 g/mol. The minimum Gasteiger partial charge on any atom is -0.388 e. The number of methoxy groups -OCH3 is 1. The van der Waals surface area contributed by atoms with Gasteiger partial charge in [-0.2, -0.15) is 0 Å². The van der Waals surface area contributed by atoms with E-state index in [0.717, 1.165) is 25.3 Å². The predicted molar refractivity (Wildman–Crippen MR) is 65.2 cm³/mol. The van der Waals surface area contributed by atoms with E-state index in [1.165, 1.54) is 0 Å². The van der Waals surface area contributed by atoms with Crippen LogP contribution in [0.4, 0.5) is 0 Å². The van der Waals surface area contributed by atoms with Crippen LogP contribution in [0, 0.1) is 0 Å². The van der Waals surface area contributed by atoms with Crippen molar-refractivity contribution in [3.8, 4) is 0 Å². The Hall–Kier alpha value is -0.980. The average molecular weight is 255 g/mol. The van der Waals surface area contributed by atoms with Crippen molar-refractivity contribution < 1.29 is 14.6 Å². The van der Waals surface area contributed by atoms with Crippen LogP contribution in [-0.4, -0.2) is 46.3 Å². The van der Waals surface area contributed by atoms with Crippen LogP contribution < -0.4 is 0 Å². The van der Waals surface area contributed by atoms with Crippen molar-refractivity contribution in [1.82, 2.24) is 14.8 Å². The molecule has 6 heteroatoms. The molecule has 1 aromatic rings. The summed E-state index contributed by atoms with van der Waals surface area (Å²) in [4.78, 5) is 0. The van der Waals surface area contributed by atoms with Gasteiger partial charge < -0.3 is 19.1 Å². The number of hydrogen-bond acceptors (Lipinski definition) is 5. The highest BCUT2D eigenvalue weighted by atomic mass is 16.5. The smallest absolute Gasteiger partial charge is 0.158 e. The first-order chi connectivity index (χ1) is 8.81. The second-order valence-corrected chi connectivity index (χ2v) is 4.49. The Bertz CT molecular complexity index is 381. The lowest BCUT2D eigenvalue weighted by Gasteiger charge is -2.17. The number of hydrogen-bond donors (Lipinski definition) is 1. The van der Waals surface area contributed by atoms with E-state index in [9.17, 15) is 5.11 Å². The molecule has 6 nitrogen and oxygen atoms in total. The maximum Gasteiger partial charge on any atom is 0.158 e. The lowest BCUT2D eigenvalue weighted by Crippen LogP contribution is -2.20. The van der Waals surface area contributed by atoms with Gasteiger partial charge in [0, 0.05) is 26.2 Å². The molecule has 2 atom stereocenters. The van der Waals surface area contributed by atoms with Gasteiger partial charge in [-0.25, -0.2) is 0 Å². The lowest BCUT2D eigenvalue weighted by molar-refractivity contribution is 0.0982. The summed E-state index contributed by atoms with van der Waals surface area (Å²) in [5.74, 6) is 1.80. The standard InChI is InChI=1S/C12H21N3O3/c1-3-10-9(4-6-18-10)12-14-13-11(8-16)15(12)5-7-17-2/h9-10,16H,3-8H2,1-2H3. The van der Waals surface area contributed by atoms with Crippen molar-refractivity contribution in [2.45, 2.75) is 44.9 Å². The molecule has 2 unspecified atom stereocenters. The fourth-order valence-electron chi connectivity index (χ4n) is 2.51. The molecule has 1 fully saturated rings. The molecule has 2 heterocycles. The van der Waals surface area contributed by atoms with E-state index in [2.05, 4.69) is 17.1 Å². The normalized spacial score (nSPS) is 23.7. The van der Waals surface area contributed by atoms with E-state index < -0.39 is 0 Å². The summed E-state index contributed by atoms with van der Waals surface area (Å²) in [5, 5.41) is 17.6. The second-order valence-electron chi connectivity index (χ2n) is 4.49. The van der Waals surface area contributed by atoms with Gasteiger partial charge in [-0.3, -0.25) is 0 Å². The van der Waals surface area contributed by atoms with E-state index in [0.29, 0.717) is 19.0 Å². The Morgan fingerprint density at radius 1 is 1.50 bits per heavy atom. The number of nitrogens with zero attached hydrogens (tertiary/aromatic N) is 3. The molecule has 1 aliphatic rings. The third-order valence-corrected chi connectivity index (χ3v) is 3.46. The molecule has 18 heavy (non-hydrogen) atoms. The van der Waals surface area contributed by atoms with Crippen LogP contribution in [0.3, 0.4) is 0 Å². The molecule has 1 aliphatic heterocycles. The largest absolute Gasteiger partial charge is 0.388 e. The molecule has 1 aromatic heterocycles. The maximum absolute atomic E-state index is 9.30. The highest BCUT2D eigenvalue weighted by Gasteiger charge is 2.32. The van der Waals surface area contributed by atoms with E-state index in [-0.39, 0.29) is 18.6 Å². The molecule has 0 radical (unpaired) electrons. The molecule has 0 spiro atoms. The summed E-state index contributed by atoms with van der Waals surface area (Å²) in [7, 11) is 1.66. The first kappa shape index (κ1) is 13.5. The van der Waals surface area contributed by atoms with Crippen LogP contribution >= 0.6 is 0 Å². The lowest BCUT2D eigenvalue weighted by atomic mass is 9.98. The van der Waals surface area contributed by atoms with E-state index in [4.69, 9.17) is 9.47 Å². The zero-order valence-corrected chi connectivity index (χ0v) is 11.0. The Kier molecular flexibility index (Phi) is 4.68. The van der Waals surface area contributed by atoms with Crippen LogP contribution in [-0.2, 0) is 22.6 Å². The number of aromatic nitrogens is 3. The van der Waals surface area contributed by atoms with Gasteiger partial charge in [-0.15, -0.1) is 10.2 Å². The molecule has 1 N–H and O–H groups in total. The Morgan fingerprint density at radius 2 is 2.33 bits per heavy atom. The van der Waals surface area contributed by atoms with Crippen LogP contribution in [0.1, 0.15) is 37.3 Å². The van der Waals surface area contributed by atoms with Gasteiger partial charge in [0.05, 0.1) is 12.7 Å². The predicted octanol–water partition coefficient (Wildman–Crippen LogP) is 0.699. The summed E-state index contributed by atoms with van der Waals surface area (Å²) in [5.41, 5.74) is 0. The maximum atomic E-state index is 9.30. The summed E-state index contributed by atoms with van der Waals surface area (Å²) < 4.78 is 12.8. The second kappa shape index (κ2) is 6.26. The minimum absolute atomic E-state index is 0.0961. The fraction of sp³-hybridized carbons (Fsp3) is 0.833. The third-order valence-electron chi connectivity index (χ3n) is 3.46. The van der Waals surface area contributed by atoms with Crippen molar-refractivity contribution in [3.05, 3.63) is 11.6 Å². The third kappa shape index (κ3) is 2.55. The average Bonchev–Trinajstić information content (AvgIpc) is 3.01. The summed E-state index contributed by atoms with van der Waals surface area (Å²) in [6.07, 6.45) is 2.15. The van der Waals surface area contributed by atoms with Crippen LogP contribution in [0.15, 0.2) is 0 Å². The van der Waals surface area contributed by atoms with Crippen LogP contribution in [0.5, 0.6) is 0 Å². The Balaban J connectivity index is 2.23. The molecule has 102 valence electrons. The van der Waals surface area contributed by atoms with E-state index >= 15 is 0 Å². The topological polar surface area (TPSA) is 69.4 Å². The van der Waals surface area contributed by atoms with E-state index in [1.54, 1.807) is 7.11 Å². The Labute approximate surface area is 107 Å². The summed E-state index contributed by atoms with van der Waals surface area (Å²) in [6, 6.07) is 0. The number of ether oxygens (including phenoxy) is 2. The molecular formula is C12H21N3O3. The van der Waals surface area contributed by atoms with Crippen LogP contribution in [0.2, 0.25) is 0 Å². The van der Waals surface area contributed by atoms with Gasteiger partial charge in [0.15, 0.2) is 5.82 Å². The van der Waals surface area contributed by atoms with Crippen LogP contribution in [0.25, 0.3) is 0 Å². The van der Waals surface area contributed by atoms with Gasteiger partial charge in [0.1, 0.15) is 12.4 Å². The molecule has 2 rings (SSSR count). The number of rotatable bonds is 6. The molecule has 0 amide bonds. The first-order valence-electron chi connectivity index (χ1n) is 6.45. The number of aliphatic hydroxyl groups is 1. The van der Waals surface area contributed by atoms with E-state index in [1.807, 2.05) is 4.57 Å². The van der Waals surface area contributed by atoms with Crippen molar-refractivity contribution in [3.63, 3.8) is 0 Å². The van der Waals surface area contributed by atoms with Crippen molar-refractivity contribution >= 4 is 0 Å². The minimum atomic E-state index is -0.0961. The molecule has 0 aliphatic carbocycles. The first-order valence-corrected chi connectivity index (χ1v) is 6.45. The zero-order valence-electron chi connectivity index (χ0n) is 11.0.